The summed E-state index contributed by atoms with van der Waals surface area (Å²) < 4.78 is 20.6. The third-order valence-electron chi connectivity index (χ3n) is 5.18. The average Bonchev–Trinajstić information content (AvgIpc) is 2.69. The lowest BCUT2D eigenvalue weighted by Crippen LogP contribution is -2.37. The Morgan fingerprint density at radius 2 is 1.60 bits per heavy atom. The zero-order chi connectivity index (χ0) is 22.2. The Balaban J connectivity index is 2.31. The van der Waals surface area contributed by atoms with E-state index in [4.69, 9.17) is 9.73 Å². The molecule has 7 heteroatoms. The first-order valence-corrected chi connectivity index (χ1v) is 11.1. The lowest BCUT2D eigenvalue weighted by Gasteiger charge is -2.14. The second-order valence-electron chi connectivity index (χ2n) is 7.47. The van der Waals surface area contributed by atoms with Gasteiger partial charge in [0.2, 0.25) is 0 Å². The summed E-state index contributed by atoms with van der Waals surface area (Å²) in [6.07, 6.45) is 1.61. The lowest BCUT2D eigenvalue weighted by atomic mass is 10.1. The summed E-state index contributed by atoms with van der Waals surface area (Å²) in [5.74, 6) is 0.557. The van der Waals surface area contributed by atoms with E-state index in [2.05, 4.69) is 19.1 Å². The minimum atomic E-state index is -1.23. The smallest absolute Gasteiger partial charge is 0.329 e. The summed E-state index contributed by atoms with van der Waals surface area (Å²) in [7, 11) is 3.75. The van der Waals surface area contributed by atoms with Gasteiger partial charge in [-0.1, -0.05) is 17.7 Å². The summed E-state index contributed by atoms with van der Waals surface area (Å²) >= 11 is 0. The first-order chi connectivity index (χ1) is 14.1. The molecule has 0 amide bonds. The van der Waals surface area contributed by atoms with Crippen LogP contribution in [0.25, 0.3) is 11.3 Å². The number of benzene rings is 2. The number of hydrogen-bond donors (Lipinski definition) is 0. The van der Waals surface area contributed by atoms with Crippen molar-refractivity contribution in [3.63, 3.8) is 0 Å². The van der Waals surface area contributed by atoms with Gasteiger partial charge in [0.1, 0.15) is 11.2 Å². The number of aryl methyl sites for hydroxylation is 3. The van der Waals surface area contributed by atoms with Gasteiger partial charge in [-0.15, -0.1) is 0 Å². The van der Waals surface area contributed by atoms with Crippen LogP contribution in [0.15, 0.2) is 51.1 Å². The van der Waals surface area contributed by atoms with E-state index in [1.54, 1.807) is 44.2 Å². The number of methoxy groups -OCH3 is 1. The molecule has 2 aromatic carbocycles. The van der Waals surface area contributed by atoms with Crippen molar-refractivity contribution in [3.05, 3.63) is 69.1 Å². The summed E-state index contributed by atoms with van der Waals surface area (Å²) in [5.41, 5.74) is 5.98. The van der Waals surface area contributed by atoms with E-state index >= 15 is 0 Å². The Labute approximate surface area is 179 Å². The molecule has 1 unspecified atom stereocenters. The number of aromatic nitrogens is 2. The van der Waals surface area contributed by atoms with Gasteiger partial charge in [0.25, 0.3) is 0 Å². The van der Waals surface area contributed by atoms with Gasteiger partial charge in [-0.25, -0.2) is 9.79 Å². The van der Waals surface area contributed by atoms with E-state index in [1.807, 2.05) is 26.0 Å². The van der Waals surface area contributed by atoms with E-state index in [1.165, 1.54) is 10.1 Å². The minimum Gasteiger partial charge on any atom is -0.495 e. The van der Waals surface area contributed by atoms with Gasteiger partial charge in [0, 0.05) is 26.4 Å². The van der Waals surface area contributed by atoms with E-state index in [0.29, 0.717) is 21.8 Å². The van der Waals surface area contributed by atoms with Crippen LogP contribution in [-0.4, -0.2) is 26.7 Å². The van der Waals surface area contributed by atoms with E-state index in [9.17, 15) is 9.00 Å². The molecule has 1 aromatic heterocycles. The van der Waals surface area contributed by atoms with Gasteiger partial charge in [-0.3, -0.25) is 13.3 Å². The molecule has 0 saturated carbocycles. The number of hydrogen-bond acceptors (Lipinski definition) is 4. The van der Waals surface area contributed by atoms with E-state index < -0.39 is 10.8 Å². The molecule has 0 bridgehead atoms. The molecule has 0 aliphatic heterocycles. The quantitative estimate of drug-likeness (QED) is 0.644. The molecule has 0 radical (unpaired) electrons. The highest BCUT2D eigenvalue weighted by atomic mass is 32.2. The molecule has 1 heterocycles. The molecular formula is C23H27N3O3S. The summed E-state index contributed by atoms with van der Waals surface area (Å²) in [4.78, 5) is 18.3. The van der Waals surface area contributed by atoms with Crippen molar-refractivity contribution < 1.29 is 8.95 Å². The first-order valence-electron chi connectivity index (χ1n) is 9.55. The molecule has 0 saturated heterocycles. The molecule has 1 atom stereocenters. The molecule has 0 fully saturated rings. The van der Waals surface area contributed by atoms with Crippen LogP contribution in [0.5, 0.6) is 5.75 Å². The molecular weight excluding hydrogens is 398 g/mol. The van der Waals surface area contributed by atoms with E-state index in [-0.39, 0.29) is 5.69 Å². The summed E-state index contributed by atoms with van der Waals surface area (Å²) in [6.45, 7) is 6.10. The van der Waals surface area contributed by atoms with Gasteiger partial charge >= 0.3 is 5.69 Å². The zero-order valence-corrected chi connectivity index (χ0v) is 19.3. The topological polar surface area (TPSA) is 65.6 Å². The zero-order valence-electron chi connectivity index (χ0n) is 18.4. The van der Waals surface area contributed by atoms with Crippen LogP contribution in [0.2, 0.25) is 0 Å². The number of ether oxygens (including phenoxy) is 1. The van der Waals surface area contributed by atoms with Crippen molar-refractivity contribution in [3.8, 4) is 17.0 Å². The minimum absolute atomic E-state index is 0.191. The van der Waals surface area contributed by atoms with Crippen molar-refractivity contribution in [2.45, 2.75) is 25.7 Å². The standard InChI is InChI=1S/C23H27N3O3S/c1-14-10-15(2)22(16(3)11-14)24-21-13-18(25(4)23(27)26(21)5)17-8-9-19(29-6)20(12-17)30(7)28/h8-13H,1-7H3. The van der Waals surface area contributed by atoms with Gasteiger partial charge in [-0.05, 0) is 55.7 Å². The van der Waals surface area contributed by atoms with Crippen LogP contribution in [-0.2, 0) is 24.9 Å². The lowest BCUT2D eigenvalue weighted by molar-refractivity contribution is 0.404. The molecule has 0 aliphatic rings. The molecule has 0 spiro atoms. The molecule has 0 aliphatic carbocycles. The average molecular weight is 426 g/mol. The second kappa shape index (κ2) is 8.44. The molecule has 158 valence electrons. The predicted octanol–water partition coefficient (Wildman–Crippen LogP) is 3.29. The highest BCUT2D eigenvalue weighted by Crippen LogP contribution is 2.28. The molecule has 3 aromatic rings. The third-order valence-corrected chi connectivity index (χ3v) is 6.11. The predicted molar refractivity (Wildman–Crippen MR) is 121 cm³/mol. The van der Waals surface area contributed by atoms with E-state index in [0.717, 1.165) is 22.4 Å². The highest BCUT2D eigenvalue weighted by Gasteiger charge is 2.13. The second-order valence-corrected chi connectivity index (χ2v) is 8.82. The van der Waals surface area contributed by atoms with Gasteiger partial charge < -0.3 is 4.74 Å². The van der Waals surface area contributed by atoms with Crippen molar-refractivity contribution >= 4 is 16.5 Å². The fourth-order valence-electron chi connectivity index (χ4n) is 3.65. The molecule has 3 rings (SSSR count). The number of nitrogens with zero attached hydrogens (tertiary/aromatic N) is 3. The first kappa shape index (κ1) is 21.8. The van der Waals surface area contributed by atoms with Crippen molar-refractivity contribution in [2.75, 3.05) is 13.4 Å². The Kier molecular flexibility index (Phi) is 6.12. The maximum Gasteiger partial charge on any atom is 0.329 e. The SMILES string of the molecule is COc1ccc(-c2cc(=Nc3c(C)cc(C)cc3C)n(C)c(=O)n2C)cc1S(C)=O. The number of rotatable bonds is 4. The van der Waals surface area contributed by atoms with Crippen LogP contribution in [0.3, 0.4) is 0 Å². The van der Waals surface area contributed by atoms with Gasteiger partial charge in [0.15, 0.2) is 0 Å². The van der Waals surface area contributed by atoms with Gasteiger partial charge in [-0.2, -0.15) is 0 Å². The molecule has 0 N–H and O–H groups in total. The van der Waals surface area contributed by atoms with Crippen LogP contribution in [0.1, 0.15) is 16.7 Å². The van der Waals surface area contributed by atoms with Crippen LogP contribution < -0.4 is 15.9 Å². The summed E-state index contributed by atoms with van der Waals surface area (Å²) in [6, 6.07) is 11.5. The largest absolute Gasteiger partial charge is 0.495 e. The molecule has 30 heavy (non-hydrogen) atoms. The van der Waals surface area contributed by atoms with Gasteiger partial charge in [0.05, 0.1) is 34.2 Å². The van der Waals surface area contributed by atoms with Crippen molar-refractivity contribution in [2.24, 2.45) is 19.1 Å². The maximum atomic E-state index is 12.9. The third kappa shape index (κ3) is 4.03. The Hall–Kier alpha value is -2.93. The van der Waals surface area contributed by atoms with Crippen LogP contribution in [0, 0.1) is 20.8 Å². The summed E-state index contributed by atoms with van der Waals surface area (Å²) in [5, 5.41) is 0. The Morgan fingerprint density at radius 1 is 0.967 bits per heavy atom. The van der Waals surface area contributed by atoms with Crippen molar-refractivity contribution in [1.82, 2.24) is 9.13 Å². The fraction of sp³-hybridized carbons (Fsp3) is 0.304. The highest BCUT2D eigenvalue weighted by molar-refractivity contribution is 7.84. The van der Waals surface area contributed by atoms with Crippen LogP contribution >= 0.6 is 0 Å². The Bertz CT molecular complexity index is 1260. The monoisotopic (exact) mass is 425 g/mol. The van der Waals surface area contributed by atoms with Crippen molar-refractivity contribution in [1.29, 1.82) is 0 Å². The molecule has 6 nitrogen and oxygen atoms in total. The van der Waals surface area contributed by atoms with Crippen LogP contribution in [0.4, 0.5) is 5.69 Å². The maximum absolute atomic E-state index is 12.9. The normalized spacial score (nSPS) is 12.8. The fourth-order valence-corrected chi connectivity index (χ4v) is 4.38. The Morgan fingerprint density at radius 3 is 2.17 bits per heavy atom.